The first-order chi connectivity index (χ1) is 11.1. The molecule has 7 heteroatoms. The molecule has 0 atom stereocenters. The second-order valence-electron chi connectivity index (χ2n) is 5.45. The van der Waals surface area contributed by atoms with Crippen molar-refractivity contribution in [1.82, 2.24) is 9.97 Å². The van der Waals surface area contributed by atoms with Crippen LogP contribution in [-0.2, 0) is 4.74 Å². The summed E-state index contributed by atoms with van der Waals surface area (Å²) in [5.74, 6) is -0.545. The molecule has 23 heavy (non-hydrogen) atoms. The van der Waals surface area contributed by atoms with E-state index >= 15 is 0 Å². The molecule has 0 spiro atoms. The summed E-state index contributed by atoms with van der Waals surface area (Å²) in [5, 5.41) is 3.30. The van der Waals surface area contributed by atoms with E-state index < -0.39 is 11.8 Å². The third kappa shape index (κ3) is 3.95. The predicted molar refractivity (Wildman–Crippen MR) is 84.4 cm³/mol. The molecule has 1 aliphatic heterocycles. The first kappa shape index (κ1) is 16.1. The van der Waals surface area contributed by atoms with Crippen LogP contribution in [0.25, 0.3) is 11.3 Å². The molecule has 122 valence electrons. The van der Waals surface area contributed by atoms with E-state index in [1.807, 2.05) is 0 Å². The maximum Gasteiger partial charge on any atom is 0.213 e. The van der Waals surface area contributed by atoms with Gasteiger partial charge < -0.3 is 10.1 Å². The van der Waals surface area contributed by atoms with Gasteiger partial charge in [0.1, 0.15) is 0 Å². The number of pyridine rings is 2. The van der Waals surface area contributed by atoms with E-state index in [-0.39, 0.29) is 10.8 Å². The summed E-state index contributed by atoms with van der Waals surface area (Å²) in [6.07, 6.45) is 3.10. The minimum atomic E-state index is -0.660. The summed E-state index contributed by atoms with van der Waals surface area (Å²) in [5.41, 5.74) is 0.778. The molecule has 0 amide bonds. The van der Waals surface area contributed by atoms with E-state index in [1.54, 1.807) is 0 Å². The third-order valence-corrected chi connectivity index (χ3v) is 4.14. The highest BCUT2D eigenvalue weighted by atomic mass is 35.5. The van der Waals surface area contributed by atoms with Crippen molar-refractivity contribution in [2.45, 2.75) is 12.8 Å². The Morgan fingerprint density at radius 1 is 1.26 bits per heavy atom. The molecule has 0 unspecified atom stereocenters. The second kappa shape index (κ2) is 7.19. The second-order valence-corrected chi connectivity index (χ2v) is 5.86. The number of nitrogens with one attached hydrogen (secondary N) is 1. The van der Waals surface area contributed by atoms with E-state index in [9.17, 15) is 8.78 Å². The lowest BCUT2D eigenvalue weighted by Crippen LogP contribution is -2.23. The van der Waals surface area contributed by atoms with Crippen LogP contribution >= 0.6 is 11.6 Å². The van der Waals surface area contributed by atoms with Crippen LogP contribution in [0, 0.1) is 17.7 Å². The Morgan fingerprint density at radius 2 is 2.04 bits per heavy atom. The fourth-order valence-electron chi connectivity index (χ4n) is 2.52. The molecular weight excluding hydrogens is 324 g/mol. The average molecular weight is 340 g/mol. The number of anilines is 1. The molecule has 0 bridgehead atoms. The molecule has 1 fully saturated rings. The van der Waals surface area contributed by atoms with E-state index in [2.05, 4.69) is 15.3 Å². The lowest BCUT2D eigenvalue weighted by atomic mass is 10.0. The van der Waals surface area contributed by atoms with E-state index in [0.29, 0.717) is 23.7 Å². The summed E-state index contributed by atoms with van der Waals surface area (Å²) in [7, 11) is 0. The van der Waals surface area contributed by atoms with Crippen molar-refractivity contribution < 1.29 is 13.5 Å². The summed E-state index contributed by atoms with van der Waals surface area (Å²) in [6.45, 7) is 2.08. The quantitative estimate of drug-likeness (QED) is 0.858. The molecule has 2 aromatic rings. The molecule has 2 aromatic heterocycles. The zero-order valence-electron chi connectivity index (χ0n) is 12.4. The molecule has 1 aliphatic rings. The first-order valence-corrected chi connectivity index (χ1v) is 7.81. The predicted octanol–water partition coefficient (Wildman–Crippen LogP) is 3.91. The number of aromatic nitrogens is 2. The Kier molecular flexibility index (Phi) is 5.03. The summed E-state index contributed by atoms with van der Waals surface area (Å²) in [4.78, 5) is 7.71. The average Bonchev–Trinajstić information content (AvgIpc) is 2.57. The van der Waals surface area contributed by atoms with E-state index in [0.717, 1.165) is 26.1 Å². The van der Waals surface area contributed by atoms with Gasteiger partial charge in [0.25, 0.3) is 0 Å². The van der Waals surface area contributed by atoms with Gasteiger partial charge in [-0.25, -0.2) is 14.4 Å². The van der Waals surface area contributed by atoms with Gasteiger partial charge in [-0.1, -0.05) is 11.6 Å². The number of hydrogen-bond donors (Lipinski definition) is 1. The lowest BCUT2D eigenvalue weighted by Gasteiger charge is -2.22. The fraction of sp³-hybridized carbons (Fsp3) is 0.375. The molecule has 0 saturated carbocycles. The topological polar surface area (TPSA) is 47.0 Å². The highest BCUT2D eigenvalue weighted by Gasteiger charge is 2.16. The zero-order valence-corrected chi connectivity index (χ0v) is 13.1. The Hall–Kier alpha value is -1.79. The Bertz CT molecular complexity index is 693. The van der Waals surface area contributed by atoms with Gasteiger partial charge in [0.05, 0.1) is 10.7 Å². The molecule has 0 aromatic carbocycles. The zero-order chi connectivity index (χ0) is 16.2. The van der Waals surface area contributed by atoms with Crippen molar-refractivity contribution in [3.8, 4) is 11.3 Å². The van der Waals surface area contributed by atoms with Crippen LogP contribution in [0.1, 0.15) is 12.8 Å². The standard InChI is InChI=1S/C16H16ClF2N3O/c17-12-9-20-15(19)7-11(12)14-2-1-13(18)16(22-14)21-8-10-3-5-23-6-4-10/h1-2,7,9-10H,3-6,8H2,(H,21,22). The van der Waals surface area contributed by atoms with Crippen LogP contribution in [0.2, 0.25) is 5.02 Å². The number of rotatable bonds is 4. The maximum atomic E-state index is 14.0. The van der Waals surface area contributed by atoms with Crippen molar-refractivity contribution in [2.24, 2.45) is 5.92 Å². The van der Waals surface area contributed by atoms with Crippen LogP contribution in [0.3, 0.4) is 0 Å². The molecule has 1 N–H and O–H groups in total. The summed E-state index contributed by atoms with van der Waals surface area (Å²) >= 11 is 6.02. The first-order valence-electron chi connectivity index (χ1n) is 7.43. The number of halogens is 3. The van der Waals surface area contributed by atoms with Gasteiger partial charge in [-0.3, -0.25) is 0 Å². The Balaban J connectivity index is 1.79. The molecule has 0 aliphatic carbocycles. The molecular formula is C16H16ClF2N3O. The molecule has 0 radical (unpaired) electrons. The van der Waals surface area contributed by atoms with Crippen LogP contribution in [0.4, 0.5) is 14.6 Å². The minimum Gasteiger partial charge on any atom is -0.381 e. The smallest absolute Gasteiger partial charge is 0.213 e. The Labute approximate surface area is 137 Å². The monoisotopic (exact) mass is 339 g/mol. The van der Waals surface area contributed by atoms with E-state index in [1.165, 1.54) is 24.4 Å². The van der Waals surface area contributed by atoms with E-state index in [4.69, 9.17) is 16.3 Å². The van der Waals surface area contributed by atoms with Gasteiger partial charge in [-0.15, -0.1) is 0 Å². The molecule has 1 saturated heterocycles. The number of nitrogens with zero attached hydrogens (tertiary/aromatic N) is 2. The molecule has 3 rings (SSSR count). The van der Waals surface area contributed by atoms with Gasteiger partial charge in [-0.05, 0) is 30.9 Å². The van der Waals surface area contributed by atoms with Gasteiger partial charge >= 0.3 is 0 Å². The van der Waals surface area contributed by atoms with Crippen LogP contribution in [0.5, 0.6) is 0 Å². The fourth-order valence-corrected chi connectivity index (χ4v) is 2.72. The van der Waals surface area contributed by atoms with Crippen molar-refractivity contribution in [1.29, 1.82) is 0 Å². The minimum absolute atomic E-state index is 0.141. The highest BCUT2D eigenvalue weighted by Crippen LogP contribution is 2.28. The van der Waals surface area contributed by atoms with Gasteiger partial charge in [0.2, 0.25) is 5.95 Å². The number of hydrogen-bond acceptors (Lipinski definition) is 4. The highest BCUT2D eigenvalue weighted by molar-refractivity contribution is 6.33. The van der Waals surface area contributed by atoms with Gasteiger partial charge in [0.15, 0.2) is 11.6 Å². The van der Waals surface area contributed by atoms with Crippen molar-refractivity contribution in [3.05, 3.63) is 41.2 Å². The largest absolute Gasteiger partial charge is 0.381 e. The van der Waals surface area contributed by atoms with Crippen LogP contribution in [-0.4, -0.2) is 29.7 Å². The van der Waals surface area contributed by atoms with Gasteiger partial charge in [-0.2, -0.15) is 4.39 Å². The Morgan fingerprint density at radius 3 is 2.83 bits per heavy atom. The van der Waals surface area contributed by atoms with Crippen LogP contribution < -0.4 is 5.32 Å². The SMILES string of the molecule is Fc1cc(-c2ccc(F)c(NCC3CCOCC3)n2)c(Cl)cn1. The molecule has 3 heterocycles. The van der Waals surface area contributed by atoms with Crippen molar-refractivity contribution in [3.63, 3.8) is 0 Å². The third-order valence-electron chi connectivity index (χ3n) is 3.84. The van der Waals surface area contributed by atoms with Crippen molar-refractivity contribution >= 4 is 17.4 Å². The van der Waals surface area contributed by atoms with Gasteiger partial charge in [0, 0.05) is 37.6 Å². The van der Waals surface area contributed by atoms with Crippen molar-refractivity contribution in [2.75, 3.05) is 25.1 Å². The normalized spacial score (nSPS) is 15.6. The molecule has 4 nitrogen and oxygen atoms in total. The summed E-state index contributed by atoms with van der Waals surface area (Å²) in [6, 6.07) is 3.95. The summed E-state index contributed by atoms with van der Waals surface area (Å²) < 4.78 is 32.6. The lowest BCUT2D eigenvalue weighted by molar-refractivity contribution is 0.0699. The number of ether oxygens (including phenoxy) is 1. The maximum absolute atomic E-state index is 14.0. The van der Waals surface area contributed by atoms with Crippen LogP contribution in [0.15, 0.2) is 24.4 Å².